The lowest BCUT2D eigenvalue weighted by Gasteiger charge is -2.06. The van der Waals surface area contributed by atoms with Crippen molar-refractivity contribution < 1.29 is 4.79 Å². The number of carbonyl (C=O) groups excluding carboxylic acids is 1. The van der Waals surface area contributed by atoms with Gasteiger partial charge in [0.1, 0.15) is 5.69 Å². The minimum atomic E-state index is -0.143. The topological polar surface area (TPSA) is 44.9 Å². The van der Waals surface area contributed by atoms with Gasteiger partial charge in [0, 0.05) is 21.1 Å². The van der Waals surface area contributed by atoms with Gasteiger partial charge in [0.25, 0.3) is 5.91 Å². The lowest BCUT2D eigenvalue weighted by Crippen LogP contribution is -2.12. The predicted molar refractivity (Wildman–Crippen MR) is 97.9 cm³/mol. The third-order valence-electron chi connectivity index (χ3n) is 3.86. The second-order valence-corrected chi connectivity index (χ2v) is 6.25. The Hall–Kier alpha value is -2.59. The first-order valence-corrected chi connectivity index (χ1v) is 8.07. The number of nitrogens with one attached hydrogen (secondary N) is 2. The van der Waals surface area contributed by atoms with Crippen LogP contribution in [-0.4, -0.2) is 10.9 Å². The van der Waals surface area contributed by atoms with Gasteiger partial charge in [0.15, 0.2) is 0 Å². The Kier molecular flexibility index (Phi) is 3.39. The average molecular weight is 365 g/mol. The molecule has 3 nitrogen and oxygen atoms in total. The molecule has 4 rings (SSSR count). The minimum absolute atomic E-state index is 0.143. The monoisotopic (exact) mass is 364 g/mol. The van der Waals surface area contributed by atoms with Gasteiger partial charge in [0.05, 0.1) is 0 Å². The second kappa shape index (κ2) is 5.56. The summed E-state index contributed by atoms with van der Waals surface area (Å²) in [6.07, 6.45) is 0. The summed E-state index contributed by atoms with van der Waals surface area (Å²) in [5.41, 5.74) is 2.29. The first-order valence-electron chi connectivity index (χ1n) is 7.28. The van der Waals surface area contributed by atoms with Crippen molar-refractivity contribution in [1.82, 2.24) is 4.98 Å². The van der Waals surface area contributed by atoms with Crippen LogP contribution in [0, 0.1) is 0 Å². The lowest BCUT2D eigenvalue weighted by atomic mass is 10.1. The minimum Gasteiger partial charge on any atom is -0.351 e. The number of anilines is 1. The highest BCUT2D eigenvalue weighted by Crippen LogP contribution is 2.26. The summed E-state index contributed by atoms with van der Waals surface area (Å²) >= 11 is 3.54. The zero-order chi connectivity index (χ0) is 15.8. The maximum Gasteiger partial charge on any atom is 0.272 e. The van der Waals surface area contributed by atoms with E-state index in [1.165, 1.54) is 0 Å². The molecule has 1 heterocycles. The van der Waals surface area contributed by atoms with Crippen LogP contribution < -0.4 is 5.32 Å². The number of amides is 1. The van der Waals surface area contributed by atoms with E-state index in [2.05, 4.69) is 26.2 Å². The molecule has 112 valence electrons. The Balaban J connectivity index is 1.65. The van der Waals surface area contributed by atoms with Crippen LogP contribution in [0.1, 0.15) is 10.5 Å². The number of carbonyl (C=O) groups is 1. The summed E-state index contributed by atoms with van der Waals surface area (Å²) in [6, 6.07) is 21.6. The smallest absolute Gasteiger partial charge is 0.272 e. The molecule has 4 aromatic rings. The standard InChI is InChI=1S/C19H13BrN2O/c20-16-6-3-5-12-10-14(8-9-15(12)16)21-19(23)18-11-13-4-1-2-7-17(13)22-18/h1-11,22H,(H,21,23). The van der Waals surface area contributed by atoms with Crippen molar-refractivity contribution in [1.29, 1.82) is 0 Å². The third-order valence-corrected chi connectivity index (χ3v) is 4.55. The van der Waals surface area contributed by atoms with Crippen LogP contribution >= 0.6 is 15.9 Å². The molecule has 4 heteroatoms. The van der Waals surface area contributed by atoms with Crippen LogP contribution in [0.25, 0.3) is 21.7 Å². The van der Waals surface area contributed by atoms with E-state index in [4.69, 9.17) is 0 Å². The van der Waals surface area contributed by atoms with Gasteiger partial charge in [-0.05, 0) is 41.1 Å². The number of hydrogen-bond donors (Lipinski definition) is 2. The van der Waals surface area contributed by atoms with Gasteiger partial charge >= 0.3 is 0 Å². The maximum absolute atomic E-state index is 12.4. The zero-order valence-electron chi connectivity index (χ0n) is 12.1. The number of rotatable bonds is 2. The highest BCUT2D eigenvalue weighted by atomic mass is 79.9. The Morgan fingerprint density at radius 3 is 2.61 bits per heavy atom. The summed E-state index contributed by atoms with van der Waals surface area (Å²) in [5, 5.41) is 6.17. The number of para-hydroxylation sites is 1. The van der Waals surface area contributed by atoms with Gasteiger partial charge in [-0.25, -0.2) is 0 Å². The van der Waals surface area contributed by atoms with E-state index in [1.54, 1.807) is 0 Å². The quantitative estimate of drug-likeness (QED) is 0.495. The van der Waals surface area contributed by atoms with E-state index in [1.807, 2.05) is 66.7 Å². The number of H-pyrrole nitrogens is 1. The number of aromatic nitrogens is 1. The summed E-state index contributed by atoms with van der Waals surface area (Å²) in [5.74, 6) is -0.143. The zero-order valence-corrected chi connectivity index (χ0v) is 13.7. The van der Waals surface area contributed by atoms with Crippen LogP contribution in [0.3, 0.4) is 0 Å². The highest BCUT2D eigenvalue weighted by Gasteiger charge is 2.10. The summed E-state index contributed by atoms with van der Waals surface area (Å²) in [7, 11) is 0. The van der Waals surface area contributed by atoms with Crippen LogP contribution in [0.15, 0.2) is 71.2 Å². The fourth-order valence-corrected chi connectivity index (χ4v) is 3.23. The van der Waals surface area contributed by atoms with Crippen LogP contribution in [-0.2, 0) is 0 Å². The molecule has 0 bridgehead atoms. The van der Waals surface area contributed by atoms with Crippen LogP contribution in [0.2, 0.25) is 0 Å². The molecule has 2 N–H and O–H groups in total. The van der Waals surface area contributed by atoms with Gasteiger partial charge in [-0.15, -0.1) is 0 Å². The Morgan fingerprint density at radius 2 is 1.74 bits per heavy atom. The third kappa shape index (κ3) is 2.62. The summed E-state index contributed by atoms with van der Waals surface area (Å²) in [6.45, 7) is 0. The molecule has 23 heavy (non-hydrogen) atoms. The molecule has 0 saturated carbocycles. The van der Waals surface area contributed by atoms with E-state index in [0.717, 1.165) is 31.8 Å². The Morgan fingerprint density at radius 1 is 0.913 bits per heavy atom. The van der Waals surface area contributed by atoms with E-state index in [0.29, 0.717) is 5.69 Å². The molecular formula is C19H13BrN2O. The number of aromatic amines is 1. The number of fused-ring (bicyclic) bond motifs is 2. The molecular weight excluding hydrogens is 352 g/mol. The van der Waals surface area contributed by atoms with Gasteiger partial charge in [0.2, 0.25) is 0 Å². The summed E-state index contributed by atoms with van der Waals surface area (Å²) in [4.78, 5) is 15.6. The Bertz CT molecular complexity index is 1000. The molecule has 0 saturated heterocycles. The van der Waals surface area contributed by atoms with Crippen molar-refractivity contribution in [3.05, 3.63) is 76.9 Å². The molecule has 0 aliphatic rings. The lowest BCUT2D eigenvalue weighted by molar-refractivity contribution is 0.102. The SMILES string of the molecule is O=C(Nc1ccc2c(Br)cccc2c1)c1cc2ccccc2[nH]1. The average Bonchev–Trinajstić information content (AvgIpc) is 2.99. The molecule has 1 amide bonds. The van der Waals surface area contributed by atoms with Gasteiger partial charge in [-0.2, -0.15) is 0 Å². The fraction of sp³-hybridized carbons (Fsp3) is 0. The molecule has 0 radical (unpaired) electrons. The van der Waals surface area contributed by atoms with E-state index < -0.39 is 0 Å². The number of hydrogen-bond acceptors (Lipinski definition) is 1. The normalized spacial score (nSPS) is 11.0. The van der Waals surface area contributed by atoms with Crippen molar-refractivity contribution >= 4 is 49.2 Å². The maximum atomic E-state index is 12.4. The van der Waals surface area contributed by atoms with E-state index in [-0.39, 0.29) is 5.91 Å². The second-order valence-electron chi connectivity index (χ2n) is 5.40. The van der Waals surface area contributed by atoms with Crippen molar-refractivity contribution in [2.45, 2.75) is 0 Å². The van der Waals surface area contributed by atoms with Crippen molar-refractivity contribution in [3.8, 4) is 0 Å². The number of halogens is 1. The molecule has 0 fully saturated rings. The van der Waals surface area contributed by atoms with Crippen molar-refractivity contribution in [2.24, 2.45) is 0 Å². The number of benzene rings is 3. The van der Waals surface area contributed by atoms with Gasteiger partial charge in [-0.3, -0.25) is 4.79 Å². The van der Waals surface area contributed by atoms with Crippen LogP contribution in [0.4, 0.5) is 5.69 Å². The molecule has 0 unspecified atom stereocenters. The largest absolute Gasteiger partial charge is 0.351 e. The molecule has 0 atom stereocenters. The van der Waals surface area contributed by atoms with Gasteiger partial charge in [-0.1, -0.05) is 52.3 Å². The molecule has 1 aromatic heterocycles. The molecule has 3 aromatic carbocycles. The van der Waals surface area contributed by atoms with Crippen LogP contribution in [0.5, 0.6) is 0 Å². The Labute approximate surface area is 141 Å². The summed E-state index contributed by atoms with van der Waals surface area (Å²) < 4.78 is 1.04. The van der Waals surface area contributed by atoms with E-state index in [9.17, 15) is 4.79 Å². The van der Waals surface area contributed by atoms with Gasteiger partial charge < -0.3 is 10.3 Å². The highest BCUT2D eigenvalue weighted by molar-refractivity contribution is 9.10. The molecule has 0 aliphatic carbocycles. The molecule has 0 aliphatic heterocycles. The predicted octanol–water partition coefficient (Wildman–Crippen LogP) is 5.34. The van der Waals surface area contributed by atoms with Crippen molar-refractivity contribution in [2.75, 3.05) is 5.32 Å². The fourth-order valence-electron chi connectivity index (χ4n) is 2.72. The molecule has 0 spiro atoms. The van der Waals surface area contributed by atoms with E-state index >= 15 is 0 Å². The van der Waals surface area contributed by atoms with Crippen molar-refractivity contribution in [3.63, 3.8) is 0 Å². The first kappa shape index (κ1) is 14.0. The first-order chi connectivity index (χ1) is 11.2.